The molecule has 1 aromatic rings. The topological polar surface area (TPSA) is 84.6 Å². The first-order chi connectivity index (χ1) is 8.76. The van der Waals surface area contributed by atoms with Crippen LogP contribution in [0.15, 0.2) is 18.2 Å². The van der Waals surface area contributed by atoms with E-state index in [4.69, 9.17) is 10.5 Å². The van der Waals surface area contributed by atoms with Gasteiger partial charge in [-0.25, -0.2) is 4.79 Å². The van der Waals surface area contributed by atoms with Crippen molar-refractivity contribution in [1.82, 2.24) is 5.32 Å². The summed E-state index contributed by atoms with van der Waals surface area (Å²) in [5, 5.41) is 12.7. The molecule has 1 amide bonds. The first-order valence-electron chi connectivity index (χ1n) is 6.31. The van der Waals surface area contributed by atoms with Crippen LogP contribution in [0.25, 0.3) is 0 Å². The number of hydrogen-bond donors (Lipinski definition) is 3. The molecule has 0 fully saturated rings. The van der Waals surface area contributed by atoms with Crippen LogP contribution in [0, 0.1) is 0 Å². The van der Waals surface area contributed by atoms with Gasteiger partial charge in [0.25, 0.3) is 0 Å². The summed E-state index contributed by atoms with van der Waals surface area (Å²) in [5.74, 6) is 0. The van der Waals surface area contributed by atoms with E-state index in [1.807, 2.05) is 26.8 Å². The van der Waals surface area contributed by atoms with Crippen LogP contribution in [0.5, 0.6) is 0 Å². The van der Waals surface area contributed by atoms with Crippen molar-refractivity contribution in [2.45, 2.75) is 44.9 Å². The molecule has 0 spiro atoms. The van der Waals surface area contributed by atoms with E-state index < -0.39 is 18.3 Å². The standard InChI is InChI=1S/C14H20N2O3/c1-14(2,3)16-13(18)19-12-10-7-9(15)5-4-8(10)6-11(12)17/h4-5,7,11-12,17H,6,15H2,1-3H3,(H,16,18). The van der Waals surface area contributed by atoms with E-state index in [1.165, 1.54) is 0 Å². The van der Waals surface area contributed by atoms with Crippen molar-refractivity contribution in [3.8, 4) is 0 Å². The van der Waals surface area contributed by atoms with E-state index in [-0.39, 0.29) is 5.54 Å². The van der Waals surface area contributed by atoms with Gasteiger partial charge in [0.15, 0.2) is 6.10 Å². The lowest BCUT2D eigenvalue weighted by Crippen LogP contribution is -2.42. The molecule has 2 atom stereocenters. The Morgan fingerprint density at radius 1 is 1.47 bits per heavy atom. The van der Waals surface area contributed by atoms with Gasteiger partial charge < -0.3 is 20.9 Å². The number of benzene rings is 1. The van der Waals surface area contributed by atoms with Crippen LogP contribution in [0.4, 0.5) is 10.5 Å². The number of nitrogen functional groups attached to an aromatic ring is 1. The number of aliphatic hydroxyl groups excluding tert-OH is 1. The van der Waals surface area contributed by atoms with Crippen molar-refractivity contribution in [3.63, 3.8) is 0 Å². The second-order valence-corrected chi connectivity index (χ2v) is 5.93. The summed E-state index contributed by atoms with van der Waals surface area (Å²) in [5.41, 5.74) is 7.71. The molecule has 0 radical (unpaired) electrons. The molecule has 0 bridgehead atoms. The molecule has 5 nitrogen and oxygen atoms in total. The predicted octanol–water partition coefficient (Wildman–Crippen LogP) is 1.75. The van der Waals surface area contributed by atoms with Gasteiger partial charge in [-0.3, -0.25) is 0 Å². The van der Waals surface area contributed by atoms with E-state index in [0.29, 0.717) is 12.1 Å². The maximum Gasteiger partial charge on any atom is 0.408 e. The minimum absolute atomic E-state index is 0.376. The minimum atomic E-state index is -0.720. The summed E-state index contributed by atoms with van der Waals surface area (Å²) in [7, 11) is 0. The number of fused-ring (bicyclic) bond motifs is 1. The number of alkyl carbamates (subject to hydrolysis) is 1. The molecule has 1 aromatic carbocycles. The van der Waals surface area contributed by atoms with Gasteiger partial charge in [-0.15, -0.1) is 0 Å². The van der Waals surface area contributed by atoms with Gasteiger partial charge in [0.2, 0.25) is 0 Å². The molecule has 104 valence electrons. The number of ether oxygens (including phenoxy) is 1. The third kappa shape index (κ3) is 3.17. The van der Waals surface area contributed by atoms with Gasteiger partial charge in [0.1, 0.15) is 0 Å². The molecule has 0 aromatic heterocycles. The fraction of sp³-hybridized carbons (Fsp3) is 0.500. The molecule has 0 saturated heterocycles. The average molecular weight is 264 g/mol. The number of anilines is 1. The predicted molar refractivity (Wildman–Crippen MR) is 72.7 cm³/mol. The number of nitrogens with two attached hydrogens (primary N) is 1. The Morgan fingerprint density at radius 2 is 2.16 bits per heavy atom. The first-order valence-corrected chi connectivity index (χ1v) is 6.31. The van der Waals surface area contributed by atoms with Crippen molar-refractivity contribution in [3.05, 3.63) is 29.3 Å². The van der Waals surface area contributed by atoms with Gasteiger partial charge in [-0.05, 0) is 38.5 Å². The smallest absolute Gasteiger partial charge is 0.408 e. The molecule has 1 aliphatic rings. The van der Waals surface area contributed by atoms with Crippen molar-refractivity contribution in [1.29, 1.82) is 0 Å². The molecule has 2 rings (SSSR count). The van der Waals surface area contributed by atoms with Gasteiger partial charge >= 0.3 is 6.09 Å². The Bertz CT molecular complexity index is 494. The zero-order valence-electron chi connectivity index (χ0n) is 11.4. The highest BCUT2D eigenvalue weighted by atomic mass is 16.6. The van der Waals surface area contributed by atoms with E-state index >= 15 is 0 Å². The molecule has 19 heavy (non-hydrogen) atoms. The minimum Gasteiger partial charge on any atom is -0.439 e. The fourth-order valence-corrected chi connectivity index (χ4v) is 2.20. The molecule has 2 unspecified atom stereocenters. The highest BCUT2D eigenvalue weighted by Gasteiger charge is 2.34. The zero-order valence-corrected chi connectivity index (χ0v) is 11.4. The van der Waals surface area contributed by atoms with Crippen molar-refractivity contribution < 1.29 is 14.6 Å². The lowest BCUT2D eigenvalue weighted by atomic mass is 10.1. The quantitative estimate of drug-likeness (QED) is 0.675. The van der Waals surface area contributed by atoms with Crippen molar-refractivity contribution in [2.75, 3.05) is 5.73 Å². The molecule has 4 N–H and O–H groups in total. The maximum absolute atomic E-state index is 11.8. The number of rotatable bonds is 1. The van der Waals surface area contributed by atoms with E-state index in [0.717, 1.165) is 11.1 Å². The largest absolute Gasteiger partial charge is 0.439 e. The molecular formula is C14H20N2O3. The Morgan fingerprint density at radius 3 is 2.79 bits per heavy atom. The van der Waals surface area contributed by atoms with Gasteiger partial charge in [-0.1, -0.05) is 6.07 Å². The highest BCUT2D eigenvalue weighted by molar-refractivity contribution is 5.69. The summed E-state index contributed by atoms with van der Waals surface area (Å²) in [6.07, 6.45) is -1.43. The normalized spacial score (nSPS) is 21.9. The lowest BCUT2D eigenvalue weighted by Gasteiger charge is -2.23. The molecular weight excluding hydrogens is 244 g/mol. The Balaban J connectivity index is 2.14. The zero-order chi connectivity index (χ0) is 14.2. The second-order valence-electron chi connectivity index (χ2n) is 5.93. The van der Waals surface area contributed by atoms with E-state index in [9.17, 15) is 9.90 Å². The van der Waals surface area contributed by atoms with Crippen molar-refractivity contribution >= 4 is 11.8 Å². The summed E-state index contributed by atoms with van der Waals surface area (Å²) >= 11 is 0. The molecule has 5 heteroatoms. The fourth-order valence-electron chi connectivity index (χ4n) is 2.20. The Kier molecular flexibility index (Phi) is 3.41. The van der Waals surface area contributed by atoms with Crippen LogP contribution in [-0.4, -0.2) is 22.8 Å². The van der Waals surface area contributed by atoms with Gasteiger partial charge in [0, 0.05) is 23.2 Å². The number of carbonyl (C=O) groups excluding carboxylic acids is 1. The SMILES string of the molecule is CC(C)(C)NC(=O)OC1c2cc(N)ccc2CC1O. The summed E-state index contributed by atoms with van der Waals surface area (Å²) in [6.45, 7) is 5.60. The second kappa shape index (κ2) is 4.74. The van der Waals surface area contributed by atoms with Crippen LogP contribution in [-0.2, 0) is 11.2 Å². The van der Waals surface area contributed by atoms with Gasteiger partial charge in [-0.2, -0.15) is 0 Å². The average Bonchev–Trinajstić information content (AvgIpc) is 2.53. The van der Waals surface area contributed by atoms with Crippen LogP contribution in [0.3, 0.4) is 0 Å². The molecule has 1 aliphatic carbocycles. The number of nitrogens with one attached hydrogen (secondary N) is 1. The van der Waals surface area contributed by atoms with Crippen molar-refractivity contribution in [2.24, 2.45) is 0 Å². The number of hydrogen-bond acceptors (Lipinski definition) is 4. The molecule has 0 saturated carbocycles. The monoisotopic (exact) mass is 264 g/mol. The Hall–Kier alpha value is -1.75. The number of carbonyl (C=O) groups is 1. The van der Waals surface area contributed by atoms with Crippen LogP contribution in [0.2, 0.25) is 0 Å². The summed E-state index contributed by atoms with van der Waals surface area (Å²) in [4.78, 5) is 11.8. The van der Waals surface area contributed by atoms with Crippen LogP contribution >= 0.6 is 0 Å². The third-order valence-corrected chi connectivity index (χ3v) is 2.97. The van der Waals surface area contributed by atoms with Crippen LogP contribution in [0.1, 0.15) is 38.0 Å². The van der Waals surface area contributed by atoms with Crippen LogP contribution < -0.4 is 11.1 Å². The van der Waals surface area contributed by atoms with Gasteiger partial charge in [0.05, 0.1) is 6.10 Å². The molecule has 0 aliphatic heterocycles. The summed E-state index contributed by atoms with van der Waals surface area (Å²) < 4.78 is 5.33. The van der Waals surface area contributed by atoms with E-state index in [2.05, 4.69) is 5.32 Å². The van der Waals surface area contributed by atoms with E-state index in [1.54, 1.807) is 12.1 Å². The highest BCUT2D eigenvalue weighted by Crippen LogP contribution is 2.35. The molecule has 0 heterocycles. The first kappa shape index (κ1) is 13.7. The lowest BCUT2D eigenvalue weighted by molar-refractivity contribution is 0.0104. The number of amides is 1. The Labute approximate surface area is 112 Å². The summed E-state index contributed by atoms with van der Waals surface area (Å²) in [6, 6.07) is 5.39. The third-order valence-electron chi connectivity index (χ3n) is 2.97. The maximum atomic E-state index is 11.8. The number of aliphatic hydroxyl groups is 1.